The second-order valence-electron chi connectivity index (χ2n) is 3.87. The summed E-state index contributed by atoms with van der Waals surface area (Å²) in [6.45, 7) is 0.867. The van der Waals surface area contributed by atoms with Gasteiger partial charge in [-0.2, -0.15) is 0 Å². The van der Waals surface area contributed by atoms with Crippen LogP contribution in [0.5, 0.6) is 5.75 Å². The van der Waals surface area contributed by atoms with Gasteiger partial charge in [-0.05, 0) is 25.0 Å². The van der Waals surface area contributed by atoms with E-state index in [2.05, 4.69) is 0 Å². The molecule has 0 aliphatic carbocycles. The zero-order valence-corrected chi connectivity index (χ0v) is 10.0. The Morgan fingerprint density at radius 2 is 2.19 bits per heavy atom. The number of nitrogens with zero attached hydrogens (tertiary/aromatic N) is 1. The predicted octanol–water partition coefficient (Wildman–Crippen LogP) is 3.32. The minimum absolute atomic E-state index is 0.640. The quantitative estimate of drug-likeness (QED) is 0.858. The molecule has 0 aromatic heterocycles. The van der Waals surface area contributed by atoms with E-state index in [0.717, 1.165) is 37.2 Å². The summed E-state index contributed by atoms with van der Waals surface area (Å²) in [4.78, 5) is 1.97. The van der Waals surface area contributed by atoms with E-state index >= 15 is 0 Å². The molecule has 1 N–H and O–H groups in total. The number of rotatable bonds is 2. The van der Waals surface area contributed by atoms with Gasteiger partial charge >= 0.3 is 0 Å². The summed E-state index contributed by atoms with van der Waals surface area (Å²) in [7, 11) is 1.63. The maximum Gasteiger partial charge on any atom is 0.121 e. The topological polar surface area (TPSA) is 36.3 Å². The fourth-order valence-electron chi connectivity index (χ4n) is 1.92. The van der Waals surface area contributed by atoms with Crippen LogP contribution in [0.15, 0.2) is 18.2 Å². The minimum Gasteiger partial charge on any atom is -0.497 e. The zero-order chi connectivity index (χ0) is 11.5. The van der Waals surface area contributed by atoms with Crippen LogP contribution in [0.2, 0.25) is 5.02 Å². The first-order valence-electron chi connectivity index (χ1n) is 5.41. The van der Waals surface area contributed by atoms with E-state index in [1.807, 2.05) is 23.1 Å². The van der Waals surface area contributed by atoms with Crippen LogP contribution in [0.4, 0.5) is 5.69 Å². The number of hydrogen-bond acceptors (Lipinski definition) is 2. The molecule has 0 saturated carbocycles. The van der Waals surface area contributed by atoms with Crippen molar-refractivity contribution < 1.29 is 4.74 Å². The summed E-state index contributed by atoms with van der Waals surface area (Å²) in [5, 5.41) is 8.61. The molecule has 4 heteroatoms. The lowest BCUT2D eigenvalue weighted by atomic mass is 10.1. The molecule has 1 aromatic carbocycles. The molecule has 2 rings (SSSR count). The van der Waals surface area contributed by atoms with Gasteiger partial charge in [0.25, 0.3) is 0 Å². The zero-order valence-electron chi connectivity index (χ0n) is 9.29. The van der Waals surface area contributed by atoms with Crippen molar-refractivity contribution in [2.45, 2.75) is 19.3 Å². The van der Waals surface area contributed by atoms with Gasteiger partial charge in [-0.25, -0.2) is 0 Å². The number of nitrogens with one attached hydrogen (secondary N) is 1. The van der Waals surface area contributed by atoms with Crippen LogP contribution < -0.4 is 9.64 Å². The molecule has 86 valence electrons. The first-order chi connectivity index (χ1) is 7.72. The van der Waals surface area contributed by atoms with Gasteiger partial charge in [-0.3, -0.25) is 5.41 Å². The van der Waals surface area contributed by atoms with Gasteiger partial charge in [0.1, 0.15) is 11.6 Å². The van der Waals surface area contributed by atoms with Crippen molar-refractivity contribution in [3.63, 3.8) is 0 Å². The Bertz CT molecular complexity index is 406. The maximum absolute atomic E-state index is 7.93. The SMILES string of the molecule is COc1ccc(Cl)c(N2CCCCC2=N)c1. The molecule has 1 aromatic rings. The highest BCUT2D eigenvalue weighted by atomic mass is 35.5. The maximum atomic E-state index is 7.93. The molecule has 1 heterocycles. The van der Waals surface area contributed by atoms with Crippen LogP contribution in [-0.2, 0) is 0 Å². The number of benzene rings is 1. The lowest BCUT2D eigenvalue weighted by Gasteiger charge is -2.30. The molecule has 0 spiro atoms. The third kappa shape index (κ3) is 2.14. The van der Waals surface area contributed by atoms with Crippen molar-refractivity contribution >= 4 is 23.1 Å². The fourth-order valence-corrected chi connectivity index (χ4v) is 2.14. The Kier molecular flexibility index (Phi) is 3.34. The summed E-state index contributed by atoms with van der Waals surface area (Å²) >= 11 is 6.16. The number of amidine groups is 1. The number of hydrogen-bond donors (Lipinski definition) is 1. The van der Waals surface area contributed by atoms with E-state index in [9.17, 15) is 0 Å². The highest BCUT2D eigenvalue weighted by molar-refractivity contribution is 6.34. The highest BCUT2D eigenvalue weighted by Crippen LogP contribution is 2.32. The van der Waals surface area contributed by atoms with E-state index in [-0.39, 0.29) is 0 Å². The Labute approximate surface area is 100 Å². The predicted molar refractivity (Wildman–Crippen MR) is 66.9 cm³/mol. The summed E-state index contributed by atoms with van der Waals surface area (Å²) in [6, 6.07) is 5.54. The van der Waals surface area contributed by atoms with Gasteiger partial charge in [0.15, 0.2) is 0 Å². The summed E-state index contributed by atoms with van der Waals surface area (Å²) in [6.07, 6.45) is 3.03. The molecule has 0 bridgehead atoms. The smallest absolute Gasteiger partial charge is 0.121 e. The first-order valence-corrected chi connectivity index (χ1v) is 5.78. The molecular formula is C12H15ClN2O. The number of methoxy groups -OCH3 is 1. The number of anilines is 1. The Balaban J connectivity index is 2.33. The fraction of sp³-hybridized carbons (Fsp3) is 0.417. The second-order valence-corrected chi connectivity index (χ2v) is 4.28. The molecule has 1 aliphatic heterocycles. The van der Waals surface area contributed by atoms with E-state index < -0.39 is 0 Å². The van der Waals surface area contributed by atoms with Gasteiger partial charge in [0.2, 0.25) is 0 Å². The van der Waals surface area contributed by atoms with Gasteiger partial charge in [0.05, 0.1) is 17.8 Å². The molecule has 0 radical (unpaired) electrons. The Morgan fingerprint density at radius 1 is 1.38 bits per heavy atom. The number of halogens is 1. The number of piperidine rings is 1. The van der Waals surface area contributed by atoms with Crippen LogP contribution in [0.25, 0.3) is 0 Å². The average Bonchev–Trinajstić information content (AvgIpc) is 2.31. The molecule has 16 heavy (non-hydrogen) atoms. The van der Waals surface area contributed by atoms with Gasteiger partial charge in [-0.15, -0.1) is 0 Å². The first kappa shape index (κ1) is 11.3. The van der Waals surface area contributed by atoms with Crippen molar-refractivity contribution in [2.24, 2.45) is 0 Å². The van der Waals surface area contributed by atoms with Crippen LogP contribution >= 0.6 is 11.6 Å². The van der Waals surface area contributed by atoms with Crippen molar-refractivity contribution in [3.05, 3.63) is 23.2 Å². The molecule has 1 saturated heterocycles. The molecule has 0 amide bonds. The van der Waals surface area contributed by atoms with Crippen LogP contribution in [-0.4, -0.2) is 19.5 Å². The molecule has 0 atom stereocenters. The third-order valence-corrected chi connectivity index (χ3v) is 3.13. The Morgan fingerprint density at radius 3 is 2.88 bits per heavy atom. The van der Waals surface area contributed by atoms with Crippen molar-refractivity contribution in [1.29, 1.82) is 5.41 Å². The van der Waals surface area contributed by atoms with Crippen LogP contribution in [0, 0.1) is 5.41 Å². The van der Waals surface area contributed by atoms with E-state index in [4.69, 9.17) is 21.7 Å². The van der Waals surface area contributed by atoms with Gasteiger partial charge in [0, 0.05) is 19.0 Å². The van der Waals surface area contributed by atoms with E-state index in [1.54, 1.807) is 7.11 Å². The lowest BCUT2D eigenvalue weighted by molar-refractivity contribution is 0.415. The molecular weight excluding hydrogens is 224 g/mol. The monoisotopic (exact) mass is 238 g/mol. The van der Waals surface area contributed by atoms with Gasteiger partial charge < -0.3 is 9.64 Å². The average molecular weight is 239 g/mol. The molecule has 1 aliphatic rings. The molecule has 0 unspecified atom stereocenters. The normalized spacial score (nSPS) is 16.4. The summed E-state index contributed by atoms with van der Waals surface area (Å²) < 4.78 is 5.18. The number of ether oxygens (including phenoxy) is 1. The van der Waals surface area contributed by atoms with E-state index in [0.29, 0.717) is 10.9 Å². The second kappa shape index (κ2) is 4.74. The van der Waals surface area contributed by atoms with Crippen molar-refractivity contribution in [3.8, 4) is 5.75 Å². The summed E-state index contributed by atoms with van der Waals surface area (Å²) in [5.41, 5.74) is 0.880. The lowest BCUT2D eigenvalue weighted by Crippen LogP contribution is -2.34. The van der Waals surface area contributed by atoms with Crippen LogP contribution in [0.1, 0.15) is 19.3 Å². The summed E-state index contributed by atoms with van der Waals surface area (Å²) in [5.74, 6) is 1.42. The van der Waals surface area contributed by atoms with E-state index in [1.165, 1.54) is 0 Å². The van der Waals surface area contributed by atoms with Crippen LogP contribution in [0.3, 0.4) is 0 Å². The molecule has 3 nitrogen and oxygen atoms in total. The minimum atomic E-state index is 0.640. The largest absolute Gasteiger partial charge is 0.497 e. The van der Waals surface area contributed by atoms with Crippen molar-refractivity contribution in [2.75, 3.05) is 18.6 Å². The Hall–Kier alpha value is -1.22. The van der Waals surface area contributed by atoms with Gasteiger partial charge in [-0.1, -0.05) is 11.6 Å². The standard InChI is InChI=1S/C12H15ClN2O/c1-16-9-5-6-10(13)11(8-9)15-7-3-2-4-12(15)14/h5-6,8,14H,2-4,7H2,1H3. The highest BCUT2D eigenvalue weighted by Gasteiger charge is 2.19. The van der Waals surface area contributed by atoms with Crippen molar-refractivity contribution in [1.82, 2.24) is 0 Å². The third-order valence-electron chi connectivity index (χ3n) is 2.82. The molecule has 1 fully saturated rings.